The molecular formula is C19H16F4O2. The Morgan fingerprint density at radius 1 is 1.08 bits per heavy atom. The molecule has 2 nitrogen and oxygen atoms in total. The Morgan fingerprint density at radius 2 is 1.64 bits per heavy atom. The molecule has 25 heavy (non-hydrogen) atoms. The number of aryl methyl sites for hydroxylation is 1. The molecule has 0 fully saturated rings. The summed E-state index contributed by atoms with van der Waals surface area (Å²) in [7, 11) is 0. The van der Waals surface area contributed by atoms with Gasteiger partial charge in [-0.05, 0) is 47.4 Å². The fourth-order valence-corrected chi connectivity index (χ4v) is 2.32. The van der Waals surface area contributed by atoms with Gasteiger partial charge in [-0.1, -0.05) is 37.6 Å². The maximum atomic E-state index is 14.1. The van der Waals surface area contributed by atoms with E-state index in [0.29, 0.717) is 11.6 Å². The topological polar surface area (TPSA) is 37.3 Å². The Kier molecular flexibility index (Phi) is 5.62. The van der Waals surface area contributed by atoms with Crippen molar-refractivity contribution in [3.8, 4) is 11.1 Å². The maximum absolute atomic E-state index is 14.1. The number of rotatable bonds is 6. The smallest absolute Gasteiger partial charge is 0.378 e. The molecule has 1 N–H and O–H groups in total. The van der Waals surface area contributed by atoms with Gasteiger partial charge in [0.2, 0.25) is 0 Å². The Labute approximate surface area is 142 Å². The summed E-state index contributed by atoms with van der Waals surface area (Å²) in [5.74, 6) is -8.70. The zero-order valence-electron chi connectivity index (χ0n) is 13.4. The molecule has 2 aromatic carbocycles. The van der Waals surface area contributed by atoms with Crippen LogP contribution in [0.25, 0.3) is 17.2 Å². The minimum Gasteiger partial charge on any atom is -0.477 e. The highest BCUT2D eigenvalue weighted by Gasteiger charge is 2.35. The molecule has 0 unspecified atom stereocenters. The predicted molar refractivity (Wildman–Crippen MR) is 87.4 cm³/mol. The van der Waals surface area contributed by atoms with E-state index in [1.165, 1.54) is 0 Å². The number of hydrogen-bond donors (Lipinski definition) is 1. The molecule has 0 radical (unpaired) electrons. The number of alkyl halides is 2. The van der Waals surface area contributed by atoms with E-state index in [9.17, 15) is 22.4 Å². The minimum absolute atomic E-state index is 0.0456. The molecule has 6 heteroatoms. The number of carboxylic acid groups (broad SMARTS) is 1. The third kappa shape index (κ3) is 4.47. The monoisotopic (exact) mass is 352 g/mol. The summed E-state index contributed by atoms with van der Waals surface area (Å²) >= 11 is 0. The summed E-state index contributed by atoms with van der Waals surface area (Å²) in [6.45, 7) is 2.04. The largest absolute Gasteiger partial charge is 0.477 e. The molecule has 0 spiro atoms. The Hall–Kier alpha value is -2.63. The lowest BCUT2D eigenvalue weighted by atomic mass is 10.00. The number of benzene rings is 2. The van der Waals surface area contributed by atoms with Gasteiger partial charge in [0.25, 0.3) is 0 Å². The van der Waals surface area contributed by atoms with Crippen molar-refractivity contribution < 1.29 is 27.5 Å². The highest BCUT2D eigenvalue weighted by molar-refractivity contribution is 5.79. The van der Waals surface area contributed by atoms with Gasteiger partial charge in [-0.2, -0.15) is 8.78 Å². The van der Waals surface area contributed by atoms with Crippen LogP contribution < -0.4 is 0 Å². The fraction of sp³-hybridized carbons (Fsp3) is 0.211. The van der Waals surface area contributed by atoms with Crippen LogP contribution in [-0.4, -0.2) is 17.0 Å². The second-order valence-corrected chi connectivity index (χ2v) is 5.56. The molecule has 0 saturated carbocycles. The van der Waals surface area contributed by atoms with Gasteiger partial charge >= 0.3 is 11.9 Å². The lowest BCUT2D eigenvalue weighted by molar-refractivity contribution is -0.157. The van der Waals surface area contributed by atoms with E-state index in [1.54, 1.807) is 12.1 Å². The van der Waals surface area contributed by atoms with E-state index < -0.39 is 29.1 Å². The molecule has 0 heterocycles. The van der Waals surface area contributed by atoms with Crippen LogP contribution >= 0.6 is 0 Å². The van der Waals surface area contributed by atoms with Gasteiger partial charge in [0.05, 0.1) is 0 Å². The molecule has 0 aliphatic carbocycles. The van der Waals surface area contributed by atoms with Crippen molar-refractivity contribution in [1.82, 2.24) is 0 Å². The second kappa shape index (κ2) is 7.51. The molecule has 0 bridgehead atoms. The number of aliphatic carboxylic acids is 1. The Bertz CT molecular complexity index is 773. The molecule has 2 aromatic rings. The van der Waals surface area contributed by atoms with E-state index in [1.807, 2.05) is 19.1 Å². The van der Waals surface area contributed by atoms with Crippen molar-refractivity contribution in [1.29, 1.82) is 0 Å². The van der Waals surface area contributed by atoms with Crippen LogP contribution in [0.1, 0.15) is 24.5 Å². The van der Waals surface area contributed by atoms with Crippen LogP contribution in [0.15, 0.2) is 42.5 Å². The fourth-order valence-electron chi connectivity index (χ4n) is 2.32. The van der Waals surface area contributed by atoms with Gasteiger partial charge in [-0.3, -0.25) is 0 Å². The van der Waals surface area contributed by atoms with Gasteiger partial charge < -0.3 is 5.11 Å². The molecule has 132 valence electrons. The quantitative estimate of drug-likeness (QED) is 0.715. The van der Waals surface area contributed by atoms with Crippen molar-refractivity contribution in [2.24, 2.45) is 0 Å². The molecule has 0 atom stereocenters. The van der Waals surface area contributed by atoms with Crippen LogP contribution in [0.3, 0.4) is 0 Å². The van der Waals surface area contributed by atoms with E-state index in [0.717, 1.165) is 30.5 Å². The third-order valence-corrected chi connectivity index (χ3v) is 3.65. The van der Waals surface area contributed by atoms with Gasteiger partial charge in [0.15, 0.2) is 0 Å². The highest BCUT2D eigenvalue weighted by Crippen LogP contribution is 2.27. The molecule has 0 aliphatic rings. The van der Waals surface area contributed by atoms with E-state index in [2.05, 4.69) is 0 Å². The second-order valence-electron chi connectivity index (χ2n) is 5.56. The zero-order valence-corrected chi connectivity index (χ0v) is 13.4. The number of carbonyl (C=O) groups is 1. The van der Waals surface area contributed by atoms with Gasteiger partial charge in [-0.15, -0.1) is 0 Å². The zero-order chi connectivity index (χ0) is 18.6. The standard InChI is InChI=1S/C19H16F4O2/c1-2-3-12-4-6-13(7-5-12)14-10-16(20)15(17(21)11-14)8-9-19(22,23)18(24)25/h4-11H,2-3H2,1H3,(H,24,25)/b9-8+. The van der Waals surface area contributed by atoms with E-state index in [4.69, 9.17) is 5.11 Å². The van der Waals surface area contributed by atoms with Crippen LogP contribution in [0.2, 0.25) is 0 Å². The minimum atomic E-state index is -4.20. The summed E-state index contributed by atoms with van der Waals surface area (Å²) in [5.41, 5.74) is 1.24. The first-order chi connectivity index (χ1) is 11.7. The number of carboxylic acids is 1. The van der Waals surface area contributed by atoms with Crippen molar-refractivity contribution in [2.45, 2.75) is 25.7 Å². The maximum Gasteiger partial charge on any atom is 0.378 e. The summed E-state index contributed by atoms with van der Waals surface area (Å²) in [4.78, 5) is 10.3. The normalized spacial score (nSPS) is 11.9. The lowest BCUT2D eigenvalue weighted by Crippen LogP contribution is -2.24. The van der Waals surface area contributed by atoms with Crippen LogP contribution in [0.4, 0.5) is 17.6 Å². The Morgan fingerprint density at radius 3 is 2.12 bits per heavy atom. The van der Waals surface area contributed by atoms with E-state index >= 15 is 0 Å². The molecule has 0 saturated heterocycles. The van der Waals surface area contributed by atoms with Crippen molar-refractivity contribution in [3.63, 3.8) is 0 Å². The molecule has 2 rings (SSSR count). The average molecular weight is 352 g/mol. The first kappa shape index (κ1) is 18.7. The number of halogens is 4. The molecule has 0 amide bonds. The summed E-state index contributed by atoms with van der Waals surface area (Å²) in [6, 6.07) is 9.22. The SMILES string of the molecule is CCCc1ccc(-c2cc(F)c(/C=C/C(F)(F)C(=O)O)c(F)c2)cc1. The summed E-state index contributed by atoms with van der Waals surface area (Å²) in [5, 5.41) is 8.32. The average Bonchev–Trinajstić information content (AvgIpc) is 2.54. The Balaban J connectivity index is 2.34. The van der Waals surface area contributed by atoms with Gasteiger partial charge in [-0.25, -0.2) is 13.6 Å². The number of hydrogen-bond acceptors (Lipinski definition) is 1. The molecular weight excluding hydrogens is 336 g/mol. The van der Waals surface area contributed by atoms with Crippen LogP contribution in [-0.2, 0) is 11.2 Å². The first-order valence-electron chi connectivity index (χ1n) is 7.63. The summed E-state index contributed by atoms with van der Waals surface area (Å²) < 4.78 is 54.2. The highest BCUT2D eigenvalue weighted by atomic mass is 19.3. The van der Waals surface area contributed by atoms with Crippen molar-refractivity contribution >= 4 is 12.0 Å². The molecule has 0 aromatic heterocycles. The first-order valence-corrected chi connectivity index (χ1v) is 7.63. The van der Waals surface area contributed by atoms with Crippen molar-refractivity contribution in [3.05, 3.63) is 65.2 Å². The predicted octanol–water partition coefficient (Wildman–Crippen LogP) is 5.32. The molecule has 0 aliphatic heterocycles. The van der Waals surface area contributed by atoms with Crippen LogP contribution in [0, 0.1) is 11.6 Å². The van der Waals surface area contributed by atoms with Gasteiger partial charge in [0, 0.05) is 5.56 Å². The third-order valence-electron chi connectivity index (χ3n) is 3.65. The van der Waals surface area contributed by atoms with Gasteiger partial charge in [0.1, 0.15) is 11.6 Å². The van der Waals surface area contributed by atoms with E-state index in [-0.39, 0.29) is 11.6 Å². The lowest BCUT2D eigenvalue weighted by Gasteiger charge is -2.08. The van der Waals surface area contributed by atoms with Crippen LogP contribution in [0.5, 0.6) is 0 Å². The van der Waals surface area contributed by atoms with Crippen molar-refractivity contribution in [2.75, 3.05) is 0 Å². The summed E-state index contributed by atoms with van der Waals surface area (Å²) in [6.07, 6.45) is 2.26.